The molecule has 0 bridgehead atoms. The van der Waals surface area contributed by atoms with Gasteiger partial charge in [-0.1, -0.05) is 44.6 Å². The van der Waals surface area contributed by atoms with E-state index in [1.54, 1.807) is 0 Å². The van der Waals surface area contributed by atoms with E-state index < -0.39 is 0 Å². The van der Waals surface area contributed by atoms with Crippen LogP contribution in [0.3, 0.4) is 0 Å². The van der Waals surface area contributed by atoms with Gasteiger partial charge in [0.2, 0.25) is 0 Å². The summed E-state index contributed by atoms with van der Waals surface area (Å²) in [4.78, 5) is 4.51. The second-order valence-corrected chi connectivity index (χ2v) is 4.65. The van der Waals surface area contributed by atoms with E-state index in [4.69, 9.17) is 0 Å². The first-order chi connectivity index (χ1) is 7.47. The molecule has 0 aromatic carbocycles. The number of rotatable bonds is 1. The number of hydrogen-bond acceptors (Lipinski definition) is 1. The van der Waals surface area contributed by atoms with Crippen LogP contribution in [-0.2, 0) is 0 Å². The van der Waals surface area contributed by atoms with Gasteiger partial charge in [-0.05, 0) is 25.0 Å². The van der Waals surface area contributed by atoms with Gasteiger partial charge >= 0.3 is 0 Å². The summed E-state index contributed by atoms with van der Waals surface area (Å²) in [6.07, 6.45) is 13.1. The van der Waals surface area contributed by atoms with Crippen molar-refractivity contribution >= 4 is 0 Å². The largest absolute Gasteiger partial charge is 0.261 e. The summed E-state index contributed by atoms with van der Waals surface area (Å²) in [6, 6.07) is 6.33. The van der Waals surface area contributed by atoms with E-state index in [1.165, 1.54) is 57.1 Å². The Bertz CT molecular complexity index is 258. The Labute approximate surface area is 92.9 Å². The van der Waals surface area contributed by atoms with Crippen LogP contribution in [0.5, 0.6) is 0 Å². The average Bonchev–Trinajstić information content (AvgIpc) is 2.43. The lowest BCUT2D eigenvalue weighted by atomic mass is 9.93. The second kappa shape index (κ2) is 5.89. The molecule has 0 atom stereocenters. The quantitative estimate of drug-likeness (QED) is 0.663. The summed E-state index contributed by atoms with van der Waals surface area (Å²) in [7, 11) is 0. The van der Waals surface area contributed by atoms with Gasteiger partial charge in [-0.3, -0.25) is 4.98 Å². The maximum atomic E-state index is 4.51. The van der Waals surface area contributed by atoms with Gasteiger partial charge in [-0.2, -0.15) is 0 Å². The maximum absolute atomic E-state index is 4.51. The van der Waals surface area contributed by atoms with E-state index >= 15 is 0 Å². The van der Waals surface area contributed by atoms with E-state index in [2.05, 4.69) is 17.1 Å². The molecule has 0 saturated heterocycles. The van der Waals surface area contributed by atoms with Gasteiger partial charge in [0, 0.05) is 17.8 Å². The molecule has 1 nitrogen and oxygen atoms in total. The third-order valence-electron chi connectivity index (χ3n) is 3.46. The average molecular weight is 203 g/mol. The van der Waals surface area contributed by atoms with Gasteiger partial charge in [0.25, 0.3) is 0 Å². The SMILES string of the molecule is c1ccc(C2CCCCCCCC2)nc1. The van der Waals surface area contributed by atoms with Crippen LogP contribution in [0.1, 0.15) is 63.0 Å². The molecule has 1 heterocycles. The normalized spacial score (nSPS) is 20.3. The number of aromatic nitrogens is 1. The number of hydrogen-bond donors (Lipinski definition) is 0. The lowest BCUT2D eigenvalue weighted by Gasteiger charge is -2.14. The maximum Gasteiger partial charge on any atom is 0.0434 e. The fourth-order valence-corrected chi connectivity index (χ4v) is 2.55. The summed E-state index contributed by atoms with van der Waals surface area (Å²) in [5, 5.41) is 0. The highest BCUT2D eigenvalue weighted by atomic mass is 14.7. The summed E-state index contributed by atoms with van der Waals surface area (Å²) in [6.45, 7) is 0. The molecule has 0 radical (unpaired) electrons. The first kappa shape index (κ1) is 10.7. The summed E-state index contributed by atoms with van der Waals surface area (Å²) in [5.74, 6) is 0.726. The Balaban J connectivity index is 1.99. The number of pyridine rings is 1. The Kier molecular flexibility index (Phi) is 4.19. The predicted molar refractivity (Wildman–Crippen MR) is 63.9 cm³/mol. The van der Waals surface area contributed by atoms with Gasteiger partial charge in [-0.15, -0.1) is 0 Å². The third kappa shape index (κ3) is 3.33. The molecule has 1 fully saturated rings. The molecule has 1 aromatic rings. The highest BCUT2D eigenvalue weighted by Gasteiger charge is 2.13. The van der Waals surface area contributed by atoms with Crippen molar-refractivity contribution in [1.82, 2.24) is 4.98 Å². The molecule has 82 valence electrons. The molecule has 1 aliphatic carbocycles. The van der Waals surface area contributed by atoms with Crippen molar-refractivity contribution < 1.29 is 0 Å². The van der Waals surface area contributed by atoms with Crippen molar-refractivity contribution in [2.45, 2.75) is 57.3 Å². The Morgan fingerprint density at radius 1 is 0.867 bits per heavy atom. The smallest absolute Gasteiger partial charge is 0.0434 e. The molecule has 1 heteroatoms. The lowest BCUT2D eigenvalue weighted by molar-refractivity contribution is 0.528. The standard InChI is InChI=1S/C14H21N/c1-2-4-6-10-13(9-5-3-1)14-11-7-8-12-15-14/h7-8,11-13H,1-6,9-10H2. The molecule has 0 aliphatic heterocycles. The fourth-order valence-electron chi connectivity index (χ4n) is 2.55. The van der Waals surface area contributed by atoms with Gasteiger partial charge in [0.15, 0.2) is 0 Å². The van der Waals surface area contributed by atoms with Crippen molar-refractivity contribution in [3.8, 4) is 0 Å². The Hall–Kier alpha value is -0.850. The zero-order valence-electron chi connectivity index (χ0n) is 9.49. The van der Waals surface area contributed by atoms with Crippen LogP contribution in [0.25, 0.3) is 0 Å². The molecule has 1 aromatic heterocycles. The molecular formula is C14H21N. The molecule has 15 heavy (non-hydrogen) atoms. The van der Waals surface area contributed by atoms with Crippen LogP contribution in [-0.4, -0.2) is 4.98 Å². The topological polar surface area (TPSA) is 12.9 Å². The highest BCUT2D eigenvalue weighted by Crippen LogP contribution is 2.28. The molecule has 0 N–H and O–H groups in total. The molecule has 0 spiro atoms. The van der Waals surface area contributed by atoms with Gasteiger partial charge in [0.05, 0.1) is 0 Å². The van der Waals surface area contributed by atoms with Gasteiger partial charge in [0.1, 0.15) is 0 Å². The van der Waals surface area contributed by atoms with Crippen LogP contribution in [0, 0.1) is 0 Å². The predicted octanol–water partition coefficient (Wildman–Crippen LogP) is 4.30. The second-order valence-electron chi connectivity index (χ2n) is 4.65. The van der Waals surface area contributed by atoms with Crippen molar-refractivity contribution in [3.05, 3.63) is 30.1 Å². The van der Waals surface area contributed by atoms with Crippen LogP contribution in [0.2, 0.25) is 0 Å². The summed E-state index contributed by atoms with van der Waals surface area (Å²) in [5.41, 5.74) is 1.32. The van der Waals surface area contributed by atoms with E-state index in [-0.39, 0.29) is 0 Å². The molecule has 1 aliphatic rings. The first-order valence-corrected chi connectivity index (χ1v) is 6.38. The van der Waals surface area contributed by atoms with Gasteiger partial charge in [-0.25, -0.2) is 0 Å². The molecule has 0 amide bonds. The Morgan fingerprint density at radius 2 is 1.53 bits per heavy atom. The fraction of sp³-hybridized carbons (Fsp3) is 0.643. The molecular weight excluding hydrogens is 182 g/mol. The molecule has 1 saturated carbocycles. The first-order valence-electron chi connectivity index (χ1n) is 6.38. The van der Waals surface area contributed by atoms with Crippen LogP contribution in [0.15, 0.2) is 24.4 Å². The third-order valence-corrected chi connectivity index (χ3v) is 3.46. The Morgan fingerprint density at radius 3 is 2.13 bits per heavy atom. The van der Waals surface area contributed by atoms with E-state index in [1.807, 2.05) is 12.3 Å². The van der Waals surface area contributed by atoms with Crippen LogP contribution < -0.4 is 0 Å². The van der Waals surface area contributed by atoms with Gasteiger partial charge < -0.3 is 0 Å². The molecule has 0 unspecified atom stereocenters. The van der Waals surface area contributed by atoms with Crippen molar-refractivity contribution in [3.63, 3.8) is 0 Å². The lowest BCUT2D eigenvalue weighted by Crippen LogP contribution is -2.00. The minimum atomic E-state index is 0.726. The van der Waals surface area contributed by atoms with E-state index in [0.29, 0.717) is 0 Å². The molecule has 2 rings (SSSR count). The summed E-state index contributed by atoms with van der Waals surface area (Å²) < 4.78 is 0. The van der Waals surface area contributed by atoms with Crippen molar-refractivity contribution in [2.24, 2.45) is 0 Å². The van der Waals surface area contributed by atoms with E-state index in [9.17, 15) is 0 Å². The minimum absolute atomic E-state index is 0.726. The zero-order valence-corrected chi connectivity index (χ0v) is 9.49. The zero-order chi connectivity index (χ0) is 10.3. The van der Waals surface area contributed by atoms with Crippen molar-refractivity contribution in [2.75, 3.05) is 0 Å². The minimum Gasteiger partial charge on any atom is -0.261 e. The monoisotopic (exact) mass is 203 g/mol. The summed E-state index contributed by atoms with van der Waals surface area (Å²) >= 11 is 0. The highest BCUT2D eigenvalue weighted by molar-refractivity contribution is 5.09. The van der Waals surface area contributed by atoms with Crippen LogP contribution >= 0.6 is 0 Å². The number of nitrogens with zero attached hydrogens (tertiary/aromatic N) is 1. The van der Waals surface area contributed by atoms with Crippen molar-refractivity contribution in [1.29, 1.82) is 0 Å². The van der Waals surface area contributed by atoms with E-state index in [0.717, 1.165) is 5.92 Å². The van der Waals surface area contributed by atoms with Crippen LogP contribution in [0.4, 0.5) is 0 Å².